The van der Waals surface area contributed by atoms with E-state index >= 15 is 0 Å². The normalized spacial score (nSPS) is 16.8. The fourth-order valence-electron chi connectivity index (χ4n) is 4.82. The molecule has 0 aliphatic carbocycles. The van der Waals surface area contributed by atoms with Gasteiger partial charge in [-0.1, -0.05) is 43.6 Å². The van der Waals surface area contributed by atoms with E-state index in [0.29, 0.717) is 60.1 Å². The minimum Gasteiger partial charge on any atom is -0.458 e. The van der Waals surface area contributed by atoms with Gasteiger partial charge in [-0.2, -0.15) is 20.1 Å². The lowest BCUT2D eigenvalue weighted by atomic mass is 10.1. The van der Waals surface area contributed by atoms with Gasteiger partial charge >= 0.3 is 6.01 Å². The van der Waals surface area contributed by atoms with Gasteiger partial charge in [-0.15, -0.1) is 0 Å². The van der Waals surface area contributed by atoms with Crippen LogP contribution in [0.15, 0.2) is 31.0 Å². The summed E-state index contributed by atoms with van der Waals surface area (Å²) in [4.78, 5) is 27.9. The summed E-state index contributed by atoms with van der Waals surface area (Å²) in [5.41, 5.74) is 0.715. The molecule has 2 unspecified atom stereocenters. The number of pyridine rings is 1. The van der Waals surface area contributed by atoms with Crippen molar-refractivity contribution in [1.82, 2.24) is 30.5 Å². The van der Waals surface area contributed by atoms with Gasteiger partial charge in [0.25, 0.3) is 0 Å². The van der Waals surface area contributed by atoms with Gasteiger partial charge < -0.3 is 19.7 Å². The van der Waals surface area contributed by atoms with E-state index in [1.807, 2.05) is 0 Å². The number of aromatic nitrogens is 5. The molecule has 4 aromatic rings. The van der Waals surface area contributed by atoms with Gasteiger partial charge in [-0.25, -0.2) is 4.39 Å². The number of nitrogens with zero attached hydrogens (tertiary/aromatic N) is 5. The summed E-state index contributed by atoms with van der Waals surface area (Å²) < 4.78 is 27.1. The van der Waals surface area contributed by atoms with Crippen LogP contribution in [-0.2, 0) is 4.79 Å². The van der Waals surface area contributed by atoms with Gasteiger partial charge in [0.2, 0.25) is 5.88 Å². The highest BCUT2D eigenvalue weighted by molar-refractivity contribution is 6.33. The maximum Gasteiger partial charge on any atom is 0.319 e. The number of carbonyl (C=O) groups excluding carboxylic acids is 1. The third-order valence-corrected chi connectivity index (χ3v) is 7.49. The van der Waals surface area contributed by atoms with Crippen molar-refractivity contribution in [3.05, 3.63) is 47.0 Å². The molecule has 0 amide bonds. The lowest BCUT2D eigenvalue weighted by Gasteiger charge is -2.26. The predicted molar refractivity (Wildman–Crippen MR) is 157 cm³/mol. The Kier molecular flexibility index (Phi) is 8.86. The molecule has 3 aromatic heterocycles. The second-order valence-corrected chi connectivity index (χ2v) is 10.7. The average Bonchev–Trinajstić information content (AvgIpc) is 3.58. The number of hydrogen-bond donors (Lipinski definition) is 2. The zero-order valence-electron chi connectivity index (χ0n) is 22.7. The third-order valence-electron chi connectivity index (χ3n) is 6.95. The van der Waals surface area contributed by atoms with E-state index < -0.39 is 5.82 Å². The van der Waals surface area contributed by atoms with Crippen molar-refractivity contribution in [1.29, 1.82) is 0 Å². The van der Waals surface area contributed by atoms with Gasteiger partial charge in [0.15, 0.2) is 11.5 Å². The monoisotopic (exact) mass is 601 g/mol. The van der Waals surface area contributed by atoms with Crippen LogP contribution < -0.4 is 19.7 Å². The molecule has 0 radical (unpaired) electrons. The lowest BCUT2D eigenvalue weighted by molar-refractivity contribution is -0.114. The molecule has 0 spiro atoms. The smallest absolute Gasteiger partial charge is 0.319 e. The van der Waals surface area contributed by atoms with Crippen LogP contribution in [0, 0.1) is 11.7 Å². The molecule has 41 heavy (non-hydrogen) atoms. The van der Waals surface area contributed by atoms with Crippen LogP contribution in [0.5, 0.6) is 17.6 Å². The maximum atomic E-state index is 14.7. The predicted octanol–water partition coefficient (Wildman–Crippen LogP) is 5.88. The molecule has 0 bridgehead atoms. The fraction of sp³-hybridized carbons (Fsp3) is 0.393. The largest absolute Gasteiger partial charge is 0.458 e. The van der Waals surface area contributed by atoms with Crippen LogP contribution >= 0.6 is 23.2 Å². The molecular formula is C28H30Cl2FN7O3. The van der Waals surface area contributed by atoms with Crippen LogP contribution in [-0.4, -0.2) is 63.2 Å². The second-order valence-electron chi connectivity index (χ2n) is 9.96. The molecule has 4 heterocycles. The Balaban J connectivity index is 1.64. The first-order valence-corrected chi connectivity index (χ1v) is 14.2. The molecule has 0 saturated carbocycles. The molecule has 216 valence electrons. The summed E-state index contributed by atoms with van der Waals surface area (Å²) >= 11 is 12.8. The van der Waals surface area contributed by atoms with Gasteiger partial charge in [-0.3, -0.25) is 9.89 Å². The van der Waals surface area contributed by atoms with Crippen LogP contribution in [0.25, 0.3) is 21.8 Å². The van der Waals surface area contributed by atoms with Crippen molar-refractivity contribution in [2.24, 2.45) is 5.92 Å². The summed E-state index contributed by atoms with van der Waals surface area (Å²) in [5.74, 6) is 0.123. The minimum absolute atomic E-state index is 0.00637. The molecule has 1 aliphatic heterocycles. The first kappa shape index (κ1) is 29.0. The van der Waals surface area contributed by atoms with Crippen molar-refractivity contribution in [3.8, 4) is 17.6 Å². The first-order chi connectivity index (χ1) is 19.8. The third kappa shape index (κ3) is 6.22. The summed E-state index contributed by atoms with van der Waals surface area (Å²) in [6.45, 7) is 10.4. The second kappa shape index (κ2) is 12.5. The Morgan fingerprint density at radius 1 is 1.22 bits per heavy atom. The number of ether oxygens (including phenoxy) is 2. The van der Waals surface area contributed by atoms with E-state index in [4.69, 9.17) is 42.6 Å². The Morgan fingerprint density at radius 3 is 2.78 bits per heavy atom. The van der Waals surface area contributed by atoms with E-state index in [9.17, 15) is 9.18 Å². The van der Waals surface area contributed by atoms with Crippen LogP contribution in [0.2, 0.25) is 10.2 Å². The number of carbonyl (C=O) groups is 1. The molecule has 10 nitrogen and oxygen atoms in total. The van der Waals surface area contributed by atoms with Crippen molar-refractivity contribution in [3.63, 3.8) is 0 Å². The SMILES string of the molecule is C=CC(=O)CCCN(CCC)c1nc(OC2CNCC2C)nc2c(Oc3c(Cl)c(F)cc4[nH]ncc34)nc(Cl)cc12. The topological polar surface area (TPSA) is 118 Å². The van der Waals surface area contributed by atoms with Crippen molar-refractivity contribution in [2.75, 3.05) is 31.1 Å². The maximum absolute atomic E-state index is 14.7. The van der Waals surface area contributed by atoms with Gasteiger partial charge in [-0.05, 0) is 25.0 Å². The number of aromatic amines is 1. The molecule has 2 N–H and O–H groups in total. The zero-order chi connectivity index (χ0) is 29.1. The minimum atomic E-state index is -0.685. The number of nitrogens with one attached hydrogen (secondary N) is 2. The van der Waals surface area contributed by atoms with E-state index in [-0.39, 0.29) is 45.6 Å². The summed E-state index contributed by atoms with van der Waals surface area (Å²) in [6, 6.07) is 3.04. The van der Waals surface area contributed by atoms with E-state index in [1.54, 1.807) is 6.07 Å². The van der Waals surface area contributed by atoms with E-state index in [0.717, 1.165) is 13.0 Å². The molecule has 13 heteroatoms. The number of anilines is 1. The summed E-state index contributed by atoms with van der Waals surface area (Å²) in [7, 11) is 0. The van der Waals surface area contributed by atoms with Crippen LogP contribution in [0.4, 0.5) is 10.2 Å². The van der Waals surface area contributed by atoms with E-state index in [1.165, 1.54) is 18.3 Å². The Morgan fingerprint density at radius 2 is 2.05 bits per heavy atom. The highest BCUT2D eigenvalue weighted by Gasteiger charge is 2.28. The molecule has 2 atom stereocenters. The molecular weight excluding hydrogens is 572 g/mol. The van der Waals surface area contributed by atoms with E-state index in [2.05, 4.69) is 45.8 Å². The summed E-state index contributed by atoms with van der Waals surface area (Å²) in [5, 5.41) is 10.9. The number of fused-ring (bicyclic) bond motifs is 2. The number of allylic oxidation sites excluding steroid dienone is 1. The number of halogens is 3. The highest BCUT2D eigenvalue weighted by atomic mass is 35.5. The number of ketones is 1. The standard InChI is InChI=1S/C28H30Cl2FN7O3/c1-4-8-38(9-6-7-16(39)5-2)26-17-10-22(29)34-27(24(17)35-28(36-26)40-21-14-32-12-15(21)3)41-25-18-13-33-37-20(18)11-19(31)23(25)30/h5,10-11,13,15,21,32H,2,4,6-9,12,14H2,1,3H3,(H,33,37). The molecule has 1 aliphatic rings. The van der Waals surface area contributed by atoms with Crippen LogP contribution in [0.3, 0.4) is 0 Å². The quantitative estimate of drug-likeness (QED) is 0.151. The fourth-order valence-corrected chi connectivity index (χ4v) is 5.20. The number of benzene rings is 1. The van der Waals surface area contributed by atoms with Gasteiger partial charge in [0.1, 0.15) is 33.4 Å². The number of H-pyrrole nitrogens is 1. The van der Waals surface area contributed by atoms with Crippen molar-refractivity contribution >= 4 is 56.6 Å². The van der Waals surface area contributed by atoms with Crippen molar-refractivity contribution < 1.29 is 18.7 Å². The lowest BCUT2D eigenvalue weighted by Crippen LogP contribution is -2.29. The average molecular weight is 602 g/mol. The van der Waals surface area contributed by atoms with Gasteiger partial charge in [0.05, 0.1) is 22.5 Å². The molecule has 1 fully saturated rings. The first-order valence-electron chi connectivity index (χ1n) is 13.4. The Labute approximate surface area is 246 Å². The Bertz CT molecular complexity index is 1600. The van der Waals surface area contributed by atoms with Crippen LogP contribution in [0.1, 0.15) is 33.1 Å². The zero-order valence-corrected chi connectivity index (χ0v) is 24.2. The highest BCUT2D eigenvalue weighted by Crippen LogP contribution is 2.41. The van der Waals surface area contributed by atoms with Crippen molar-refractivity contribution in [2.45, 2.75) is 39.2 Å². The molecule has 5 rings (SSSR count). The van der Waals surface area contributed by atoms with Gasteiger partial charge in [0, 0.05) is 44.6 Å². The number of rotatable bonds is 12. The molecule has 1 aromatic carbocycles. The number of hydrogen-bond acceptors (Lipinski definition) is 9. The Hall–Kier alpha value is -3.54. The summed E-state index contributed by atoms with van der Waals surface area (Å²) in [6.07, 6.45) is 4.45. The molecule has 1 saturated heterocycles.